The fourth-order valence-corrected chi connectivity index (χ4v) is 0.667. The van der Waals surface area contributed by atoms with E-state index >= 15 is 0 Å². The SMILES string of the molecule is CC.CCC1CC(=O)NO1. The van der Waals surface area contributed by atoms with Gasteiger partial charge in [-0.3, -0.25) is 9.63 Å². The van der Waals surface area contributed by atoms with Crippen LogP contribution in [0, 0.1) is 0 Å². The van der Waals surface area contributed by atoms with Gasteiger partial charge in [0.05, 0.1) is 12.5 Å². The molecule has 3 nitrogen and oxygen atoms in total. The summed E-state index contributed by atoms with van der Waals surface area (Å²) >= 11 is 0. The third-order valence-electron chi connectivity index (χ3n) is 1.21. The minimum atomic E-state index is -0.00292. The number of carbonyl (C=O) groups excluding carboxylic acids is 1. The van der Waals surface area contributed by atoms with Crippen molar-refractivity contribution in [1.82, 2.24) is 5.48 Å². The maximum absolute atomic E-state index is 10.4. The van der Waals surface area contributed by atoms with Crippen molar-refractivity contribution in [3.05, 3.63) is 0 Å². The highest BCUT2D eigenvalue weighted by Crippen LogP contribution is 2.06. The van der Waals surface area contributed by atoms with E-state index in [1.807, 2.05) is 20.8 Å². The van der Waals surface area contributed by atoms with Gasteiger partial charge in [-0.1, -0.05) is 20.8 Å². The maximum Gasteiger partial charge on any atom is 0.246 e. The summed E-state index contributed by atoms with van der Waals surface area (Å²) in [7, 11) is 0. The summed E-state index contributed by atoms with van der Waals surface area (Å²) in [5, 5.41) is 0. The Labute approximate surface area is 61.7 Å². The zero-order chi connectivity index (χ0) is 7.98. The minimum absolute atomic E-state index is 0.00292. The van der Waals surface area contributed by atoms with E-state index in [9.17, 15) is 4.79 Å². The van der Waals surface area contributed by atoms with Crippen LogP contribution in [0.25, 0.3) is 0 Å². The van der Waals surface area contributed by atoms with E-state index in [1.165, 1.54) is 0 Å². The van der Waals surface area contributed by atoms with Crippen molar-refractivity contribution < 1.29 is 9.63 Å². The molecule has 1 unspecified atom stereocenters. The lowest BCUT2D eigenvalue weighted by Gasteiger charge is -1.98. The Morgan fingerprint density at radius 2 is 2.30 bits per heavy atom. The third-order valence-corrected chi connectivity index (χ3v) is 1.21. The van der Waals surface area contributed by atoms with E-state index in [4.69, 9.17) is 4.84 Å². The minimum Gasteiger partial charge on any atom is -0.273 e. The summed E-state index contributed by atoms with van der Waals surface area (Å²) in [5.41, 5.74) is 2.28. The highest BCUT2D eigenvalue weighted by Gasteiger charge is 2.19. The molecule has 0 aromatic carbocycles. The first kappa shape index (κ1) is 9.43. The van der Waals surface area contributed by atoms with E-state index in [0.29, 0.717) is 6.42 Å². The van der Waals surface area contributed by atoms with E-state index < -0.39 is 0 Å². The Balaban J connectivity index is 0.000000371. The Hall–Kier alpha value is -0.570. The van der Waals surface area contributed by atoms with Gasteiger partial charge in [0.15, 0.2) is 0 Å². The summed E-state index contributed by atoms with van der Waals surface area (Å²) in [6.07, 6.45) is 1.54. The molecule has 1 aliphatic heterocycles. The Bertz CT molecular complexity index is 104. The fraction of sp³-hybridized carbons (Fsp3) is 0.857. The van der Waals surface area contributed by atoms with Gasteiger partial charge >= 0.3 is 0 Å². The second-order valence-corrected chi connectivity index (χ2v) is 1.88. The molecule has 1 atom stereocenters. The smallest absolute Gasteiger partial charge is 0.246 e. The van der Waals surface area contributed by atoms with E-state index in [0.717, 1.165) is 6.42 Å². The molecule has 0 aromatic heterocycles. The molecule has 0 aromatic rings. The number of amides is 1. The predicted octanol–water partition coefficient (Wildman–Crippen LogP) is 1.24. The van der Waals surface area contributed by atoms with Crippen LogP contribution in [-0.2, 0) is 9.63 Å². The molecule has 1 rings (SSSR count). The molecule has 0 saturated carbocycles. The largest absolute Gasteiger partial charge is 0.273 e. The van der Waals surface area contributed by atoms with Crippen molar-refractivity contribution in [2.24, 2.45) is 0 Å². The molecule has 3 heteroatoms. The summed E-state index contributed by atoms with van der Waals surface area (Å²) < 4.78 is 0. The monoisotopic (exact) mass is 145 g/mol. The van der Waals surface area contributed by atoms with Crippen molar-refractivity contribution >= 4 is 5.91 Å². The standard InChI is InChI=1S/C5H9NO2.C2H6/c1-2-4-3-5(7)6-8-4;1-2/h4H,2-3H2,1H3,(H,6,7);1-2H3. The van der Waals surface area contributed by atoms with Crippen LogP contribution in [0.3, 0.4) is 0 Å². The highest BCUT2D eigenvalue weighted by molar-refractivity contribution is 5.76. The summed E-state index contributed by atoms with van der Waals surface area (Å²) in [6.45, 7) is 5.99. The molecule has 0 bridgehead atoms. The van der Waals surface area contributed by atoms with Gasteiger partial charge in [0, 0.05) is 0 Å². The van der Waals surface area contributed by atoms with Crippen LogP contribution in [0.4, 0.5) is 0 Å². The van der Waals surface area contributed by atoms with Crippen LogP contribution < -0.4 is 5.48 Å². The van der Waals surface area contributed by atoms with Gasteiger partial charge in [0.25, 0.3) is 0 Å². The molecule has 1 heterocycles. The van der Waals surface area contributed by atoms with Crippen LogP contribution in [0.5, 0.6) is 0 Å². The molecule has 0 radical (unpaired) electrons. The van der Waals surface area contributed by atoms with Crippen LogP contribution >= 0.6 is 0 Å². The van der Waals surface area contributed by atoms with Crippen LogP contribution in [0.2, 0.25) is 0 Å². The van der Waals surface area contributed by atoms with E-state index in [-0.39, 0.29) is 12.0 Å². The molecular formula is C7H15NO2. The van der Waals surface area contributed by atoms with Crippen LogP contribution in [0.15, 0.2) is 0 Å². The lowest BCUT2D eigenvalue weighted by Crippen LogP contribution is -2.11. The van der Waals surface area contributed by atoms with Gasteiger partial charge in [-0.05, 0) is 6.42 Å². The molecule has 0 spiro atoms. The topological polar surface area (TPSA) is 38.3 Å². The zero-order valence-electron chi connectivity index (χ0n) is 6.81. The van der Waals surface area contributed by atoms with Gasteiger partial charge in [-0.15, -0.1) is 0 Å². The lowest BCUT2D eigenvalue weighted by atomic mass is 10.2. The number of hydrogen-bond donors (Lipinski definition) is 1. The molecule has 1 N–H and O–H groups in total. The van der Waals surface area contributed by atoms with Crippen molar-refractivity contribution in [3.63, 3.8) is 0 Å². The van der Waals surface area contributed by atoms with Gasteiger partial charge in [-0.25, -0.2) is 5.48 Å². The number of nitrogens with one attached hydrogen (secondary N) is 1. The van der Waals surface area contributed by atoms with E-state index in [1.54, 1.807) is 0 Å². The molecule has 1 aliphatic rings. The number of hydrogen-bond acceptors (Lipinski definition) is 2. The maximum atomic E-state index is 10.4. The number of hydroxylamine groups is 1. The Morgan fingerprint density at radius 1 is 1.70 bits per heavy atom. The molecule has 0 aliphatic carbocycles. The van der Waals surface area contributed by atoms with Crippen molar-refractivity contribution in [2.45, 2.75) is 39.7 Å². The summed E-state index contributed by atoms with van der Waals surface area (Å²) in [5.74, 6) is -0.00292. The van der Waals surface area contributed by atoms with Gasteiger partial charge in [0.1, 0.15) is 0 Å². The second-order valence-electron chi connectivity index (χ2n) is 1.88. The average Bonchev–Trinajstić information content (AvgIpc) is 2.40. The van der Waals surface area contributed by atoms with E-state index in [2.05, 4.69) is 5.48 Å². The fourth-order valence-electron chi connectivity index (χ4n) is 0.667. The number of rotatable bonds is 1. The van der Waals surface area contributed by atoms with Crippen LogP contribution in [0.1, 0.15) is 33.6 Å². The van der Waals surface area contributed by atoms with Crippen LogP contribution in [-0.4, -0.2) is 12.0 Å². The molecule has 1 fully saturated rings. The molecule has 1 saturated heterocycles. The summed E-state index contributed by atoms with van der Waals surface area (Å²) in [6, 6.07) is 0. The van der Waals surface area contributed by atoms with Crippen molar-refractivity contribution in [2.75, 3.05) is 0 Å². The first-order valence-corrected chi connectivity index (χ1v) is 3.77. The predicted molar refractivity (Wildman–Crippen MR) is 39.3 cm³/mol. The first-order valence-electron chi connectivity index (χ1n) is 3.77. The third kappa shape index (κ3) is 2.82. The molecule has 1 amide bonds. The van der Waals surface area contributed by atoms with Gasteiger partial charge < -0.3 is 0 Å². The lowest BCUT2D eigenvalue weighted by molar-refractivity contribution is -0.124. The van der Waals surface area contributed by atoms with Gasteiger partial charge in [-0.2, -0.15) is 0 Å². The van der Waals surface area contributed by atoms with Gasteiger partial charge in [0.2, 0.25) is 5.91 Å². The Kier molecular flexibility index (Phi) is 4.94. The second kappa shape index (κ2) is 5.23. The highest BCUT2D eigenvalue weighted by atomic mass is 16.7. The first-order chi connectivity index (χ1) is 4.83. The quantitative estimate of drug-likeness (QED) is 0.603. The van der Waals surface area contributed by atoms with Crippen molar-refractivity contribution in [1.29, 1.82) is 0 Å². The average molecular weight is 145 g/mol. The Morgan fingerprint density at radius 3 is 2.50 bits per heavy atom. The molecule has 10 heavy (non-hydrogen) atoms. The zero-order valence-corrected chi connectivity index (χ0v) is 6.81. The normalized spacial score (nSPS) is 23.1. The summed E-state index contributed by atoms with van der Waals surface area (Å²) in [4.78, 5) is 15.2. The molecular weight excluding hydrogens is 130 g/mol. The molecule has 60 valence electrons. The van der Waals surface area contributed by atoms with Crippen molar-refractivity contribution in [3.8, 4) is 0 Å². The number of carbonyl (C=O) groups is 1.